The van der Waals surface area contributed by atoms with E-state index in [0.29, 0.717) is 11.3 Å². The molecule has 31 heavy (non-hydrogen) atoms. The molecule has 0 aliphatic carbocycles. The van der Waals surface area contributed by atoms with E-state index >= 15 is 0 Å². The molecule has 0 heterocycles. The fourth-order valence-corrected chi connectivity index (χ4v) is 4.22. The summed E-state index contributed by atoms with van der Waals surface area (Å²) >= 11 is 0. The van der Waals surface area contributed by atoms with Crippen molar-refractivity contribution in [2.24, 2.45) is 0 Å². The Morgan fingerprint density at radius 1 is 0.935 bits per heavy atom. The molecule has 5 nitrogen and oxygen atoms in total. The molecule has 3 aromatic carbocycles. The lowest BCUT2D eigenvalue weighted by molar-refractivity contribution is -0.137. The number of alkyl halides is 3. The normalized spacial score (nSPS) is 11.7. The molecule has 0 saturated carbocycles. The third-order valence-corrected chi connectivity index (χ3v) is 6.00. The zero-order chi connectivity index (χ0) is 22.6. The smallest absolute Gasteiger partial charge is 0.348 e. The topological polar surface area (TPSA) is 75.3 Å². The van der Waals surface area contributed by atoms with Crippen LogP contribution in [0, 0.1) is 6.92 Å². The van der Waals surface area contributed by atoms with Gasteiger partial charge in [0.25, 0.3) is 15.9 Å². The molecule has 0 saturated heterocycles. The number of sulfonamides is 1. The minimum Gasteiger partial charge on any atom is -0.348 e. The number of amides is 1. The highest BCUT2D eigenvalue weighted by atomic mass is 32.2. The van der Waals surface area contributed by atoms with Gasteiger partial charge in [0.2, 0.25) is 0 Å². The second-order valence-corrected chi connectivity index (χ2v) is 8.48. The van der Waals surface area contributed by atoms with Crippen molar-refractivity contribution in [3.8, 4) is 0 Å². The maximum absolute atomic E-state index is 12.8. The van der Waals surface area contributed by atoms with E-state index in [0.717, 1.165) is 12.1 Å². The number of hydrogen-bond acceptors (Lipinski definition) is 3. The Hall–Kier alpha value is -3.33. The zero-order valence-corrected chi connectivity index (χ0v) is 17.2. The average molecular weight is 448 g/mol. The van der Waals surface area contributed by atoms with Gasteiger partial charge >= 0.3 is 6.18 Å². The summed E-state index contributed by atoms with van der Waals surface area (Å²) in [4.78, 5) is 12.4. The van der Waals surface area contributed by atoms with E-state index < -0.39 is 27.7 Å². The van der Waals surface area contributed by atoms with Gasteiger partial charge in [-0.05, 0) is 54.4 Å². The van der Waals surface area contributed by atoms with Crippen molar-refractivity contribution in [2.45, 2.75) is 24.5 Å². The summed E-state index contributed by atoms with van der Waals surface area (Å²) in [7, 11) is -3.94. The van der Waals surface area contributed by atoms with E-state index in [2.05, 4.69) is 10.0 Å². The van der Waals surface area contributed by atoms with Crippen LogP contribution in [-0.4, -0.2) is 14.3 Å². The Balaban J connectivity index is 1.77. The minimum absolute atomic E-state index is 0.0666. The van der Waals surface area contributed by atoms with Gasteiger partial charge < -0.3 is 5.32 Å². The van der Waals surface area contributed by atoms with E-state index in [4.69, 9.17) is 0 Å². The molecule has 0 spiro atoms. The Bertz CT molecular complexity index is 1190. The van der Waals surface area contributed by atoms with Crippen molar-refractivity contribution in [2.75, 3.05) is 4.72 Å². The highest BCUT2D eigenvalue weighted by Gasteiger charge is 2.30. The lowest BCUT2D eigenvalue weighted by Gasteiger charge is -2.13. The summed E-state index contributed by atoms with van der Waals surface area (Å²) in [5, 5.41) is 2.52. The van der Waals surface area contributed by atoms with E-state index in [1.165, 1.54) is 30.3 Å². The van der Waals surface area contributed by atoms with Gasteiger partial charge in [-0.2, -0.15) is 13.2 Å². The lowest BCUT2D eigenvalue weighted by Crippen LogP contribution is -2.24. The molecule has 0 unspecified atom stereocenters. The molecule has 1 amide bonds. The predicted octanol–water partition coefficient (Wildman–Crippen LogP) is 4.74. The minimum atomic E-state index is -4.48. The molecule has 0 aromatic heterocycles. The van der Waals surface area contributed by atoms with Crippen LogP contribution in [0.1, 0.15) is 27.0 Å². The summed E-state index contributed by atoms with van der Waals surface area (Å²) in [6.07, 6.45) is -4.48. The first-order valence-electron chi connectivity index (χ1n) is 9.19. The first-order chi connectivity index (χ1) is 14.6. The van der Waals surface area contributed by atoms with Crippen molar-refractivity contribution in [3.05, 3.63) is 95.1 Å². The van der Waals surface area contributed by atoms with Gasteiger partial charge in [-0.25, -0.2) is 8.42 Å². The van der Waals surface area contributed by atoms with Crippen LogP contribution in [0.4, 0.5) is 18.9 Å². The van der Waals surface area contributed by atoms with Gasteiger partial charge in [-0.3, -0.25) is 9.52 Å². The molecule has 3 rings (SSSR count). The molecule has 0 aliphatic heterocycles. The molecule has 0 atom stereocenters. The van der Waals surface area contributed by atoms with Crippen molar-refractivity contribution < 1.29 is 26.4 Å². The van der Waals surface area contributed by atoms with Crippen LogP contribution in [0.2, 0.25) is 0 Å². The average Bonchev–Trinajstić information content (AvgIpc) is 2.72. The molecule has 162 valence electrons. The van der Waals surface area contributed by atoms with Crippen LogP contribution >= 0.6 is 0 Å². The number of anilines is 1. The highest BCUT2D eigenvalue weighted by molar-refractivity contribution is 7.92. The number of carbonyl (C=O) groups excluding carboxylic acids is 1. The Morgan fingerprint density at radius 2 is 1.65 bits per heavy atom. The maximum atomic E-state index is 12.8. The predicted molar refractivity (Wildman–Crippen MR) is 111 cm³/mol. The second kappa shape index (κ2) is 8.81. The quantitative estimate of drug-likeness (QED) is 0.572. The summed E-state index contributed by atoms with van der Waals surface area (Å²) < 4.78 is 66.5. The molecule has 3 aromatic rings. The first kappa shape index (κ1) is 22.4. The number of aryl methyl sites for hydroxylation is 1. The molecule has 0 fully saturated rings. The lowest BCUT2D eigenvalue weighted by atomic mass is 10.1. The third kappa shape index (κ3) is 5.64. The van der Waals surface area contributed by atoms with Crippen molar-refractivity contribution in [1.82, 2.24) is 5.32 Å². The largest absolute Gasteiger partial charge is 0.416 e. The number of hydrogen-bond donors (Lipinski definition) is 2. The standard InChI is InChI=1S/C22H19F3N2O3S/c1-15-10-11-17(13-20(15)31(29,30)27-19-8-3-2-4-9-19)21(28)26-14-16-6-5-7-18(12-16)22(23,24)25/h2-13,27H,14H2,1H3,(H,26,28). The molecule has 2 N–H and O–H groups in total. The third-order valence-electron chi connectivity index (χ3n) is 4.47. The number of halogens is 3. The number of benzene rings is 3. The molecular weight excluding hydrogens is 429 g/mol. The Labute approximate surface area is 178 Å². The Morgan fingerprint density at radius 3 is 2.32 bits per heavy atom. The van der Waals surface area contributed by atoms with Crippen LogP contribution in [-0.2, 0) is 22.7 Å². The van der Waals surface area contributed by atoms with Gasteiger partial charge in [0.05, 0.1) is 10.5 Å². The summed E-state index contributed by atoms with van der Waals surface area (Å²) in [6.45, 7) is 1.46. The van der Waals surface area contributed by atoms with Crippen LogP contribution in [0.15, 0.2) is 77.7 Å². The maximum Gasteiger partial charge on any atom is 0.416 e. The van der Waals surface area contributed by atoms with Crippen LogP contribution in [0.3, 0.4) is 0 Å². The van der Waals surface area contributed by atoms with Gasteiger partial charge in [-0.1, -0.05) is 36.4 Å². The van der Waals surface area contributed by atoms with Crippen molar-refractivity contribution in [1.29, 1.82) is 0 Å². The van der Waals surface area contributed by atoms with Crippen molar-refractivity contribution in [3.63, 3.8) is 0 Å². The summed E-state index contributed by atoms with van der Waals surface area (Å²) in [5.74, 6) is -0.603. The van der Waals surface area contributed by atoms with Gasteiger partial charge in [0.15, 0.2) is 0 Å². The number of rotatable bonds is 6. The molecule has 0 aliphatic rings. The Kier molecular flexibility index (Phi) is 6.35. The van der Waals surface area contributed by atoms with Crippen LogP contribution in [0.25, 0.3) is 0 Å². The number of nitrogens with one attached hydrogen (secondary N) is 2. The molecular formula is C22H19F3N2O3S. The van der Waals surface area contributed by atoms with E-state index in [9.17, 15) is 26.4 Å². The van der Waals surface area contributed by atoms with Gasteiger partial charge in [0, 0.05) is 17.8 Å². The molecule has 9 heteroatoms. The van der Waals surface area contributed by atoms with E-state index in [1.807, 2.05) is 0 Å². The first-order valence-corrected chi connectivity index (χ1v) is 10.7. The molecule has 0 bridgehead atoms. The van der Waals surface area contributed by atoms with Crippen LogP contribution < -0.4 is 10.0 Å². The monoisotopic (exact) mass is 448 g/mol. The SMILES string of the molecule is Cc1ccc(C(=O)NCc2cccc(C(F)(F)F)c2)cc1S(=O)(=O)Nc1ccccc1. The highest BCUT2D eigenvalue weighted by Crippen LogP contribution is 2.29. The van der Waals surface area contributed by atoms with E-state index in [1.54, 1.807) is 37.3 Å². The number of carbonyl (C=O) groups is 1. The van der Waals surface area contributed by atoms with Gasteiger partial charge in [-0.15, -0.1) is 0 Å². The fourth-order valence-electron chi connectivity index (χ4n) is 2.89. The molecule has 0 radical (unpaired) electrons. The number of para-hydroxylation sites is 1. The summed E-state index contributed by atoms with van der Waals surface area (Å²) in [6, 6.07) is 17.1. The van der Waals surface area contributed by atoms with Crippen molar-refractivity contribution >= 4 is 21.6 Å². The zero-order valence-electron chi connectivity index (χ0n) is 16.4. The van der Waals surface area contributed by atoms with Gasteiger partial charge in [0.1, 0.15) is 0 Å². The van der Waals surface area contributed by atoms with Crippen LogP contribution in [0.5, 0.6) is 0 Å². The summed E-state index contributed by atoms with van der Waals surface area (Å²) in [5.41, 5.74) is 0.356. The van der Waals surface area contributed by atoms with E-state index in [-0.39, 0.29) is 22.6 Å². The fraction of sp³-hybridized carbons (Fsp3) is 0.136. The second-order valence-electron chi connectivity index (χ2n) is 6.83.